The molecule has 1 aliphatic rings. The van der Waals surface area contributed by atoms with Crippen LogP contribution in [-0.2, 0) is 0 Å². The van der Waals surface area contributed by atoms with Gasteiger partial charge < -0.3 is 5.32 Å². The molecule has 1 fully saturated rings. The van der Waals surface area contributed by atoms with Gasteiger partial charge in [-0.3, -0.25) is 0 Å². The minimum absolute atomic E-state index is 0.377. The summed E-state index contributed by atoms with van der Waals surface area (Å²) in [5.74, 6) is 0.653. The molecule has 0 aromatic heterocycles. The summed E-state index contributed by atoms with van der Waals surface area (Å²) in [7, 11) is 2.06. The molecule has 0 heterocycles. The van der Waals surface area contributed by atoms with Gasteiger partial charge in [-0.2, -0.15) is 0 Å². The molecular weight excluding hydrogens is 354 g/mol. The molecule has 100 valence electrons. The molecule has 1 unspecified atom stereocenters. The van der Waals surface area contributed by atoms with Crippen LogP contribution >= 0.6 is 31.9 Å². The van der Waals surface area contributed by atoms with Crippen molar-refractivity contribution in [3.8, 4) is 0 Å². The van der Waals surface area contributed by atoms with Crippen molar-refractivity contribution in [1.82, 2.24) is 5.32 Å². The van der Waals surface area contributed by atoms with Crippen LogP contribution in [0.25, 0.3) is 0 Å². The molecule has 2 rings (SSSR count). The highest BCUT2D eigenvalue weighted by atomic mass is 79.9. The number of nitrogens with one attached hydrogen (secondary N) is 1. The summed E-state index contributed by atoms with van der Waals surface area (Å²) < 4.78 is 2.32. The van der Waals surface area contributed by atoms with Gasteiger partial charge in [-0.1, -0.05) is 59.6 Å². The minimum Gasteiger partial charge on any atom is -0.313 e. The van der Waals surface area contributed by atoms with Crippen LogP contribution < -0.4 is 5.32 Å². The second-order valence-corrected chi connectivity index (χ2v) is 8.12. The summed E-state index contributed by atoms with van der Waals surface area (Å²) >= 11 is 7.25. The van der Waals surface area contributed by atoms with Crippen LogP contribution in [0.1, 0.15) is 39.3 Å². The van der Waals surface area contributed by atoms with E-state index < -0.39 is 0 Å². The zero-order chi connectivity index (χ0) is 13.7. The smallest absolute Gasteiger partial charge is 0.0368 e. The van der Waals surface area contributed by atoms with Crippen molar-refractivity contribution in [3.63, 3.8) is 0 Å². The van der Waals surface area contributed by atoms with Crippen LogP contribution in [0.15, 0.2) is 27.1 Å². The fourth-order valence-electron chi connectivity index (χ4n) is 3.34. The van der Waals surface area contributed by atoms with Gasteiger partial charge in [0.2, 0.25) is 0 Å². The van der Waals surface area contributed by atoms with Gasteiger partial charge in [0.25, 0.3) is 0 Å². The lowest BCUT2D eigenvalue weighted by Gasteiger charge is -2.21. The third-order valence-electron chi connectivity index (χ3n) is 5.07. The number of hydrogen-bond acceptors (Lipinski definition) is 1. The maximum absolute atomic E-state index is 3.68. The zero-order valence-corrected chi connectivity index (χ0v) is 14.8. The lowest BCUT2D eigenvalue weighted by Crippen LogP contribution is -2.22. The minimum atomic E-state index is 0.377. The van der Waals surface area contributed by atoms with Crippen molar-refractivity contribution in [1.29, 1.82) is 0 Å². The highest BCUT2D eigenvalue weighted by molar-refractivity contribution is 9.11. The first kappa shape index (κ1) is 14.5. The molecule has 0 spiro atoms. The van der Waals surface area contributed by atoms with Gasteiger partial charge in [-0.25, -0.2) is 0 Å². The number of hydrogen-bond donors (Lipinski definition) is 1. The van der Waals surface area contributed by atoms with Gasteiger partial charge in [0.05, 0.1) is 0 Å². The molecule has 0 bridgehead atoms. The molecule has 0 aliphatic heterocycles. The van der Waals surface area contributed by atoms with Crippen molar-refractivity contribution < 1.29 is 0 Å². The molecular formula is C15H21Br2N. The Balaban J connectivity index is 2.39. The fraction of sp³-hybridized carbons (Fsp3) is 0.600. The third-order valence-corrected chi connectivity index (χ3v) is 6.29. The molecule has 1 aromatic carbocycles. The van der Waals surface area contributed by atoms with E-state index in [4.69, 9.17) is 0 Å². The van der Waals surface area contributed by atoms with Crippen LogP contribution in [0.5, 0.6) is 0 Å². The van der Waals surface area contributed by atoms with E-state index in [1.165, 1.54) is 10.0 Å². The van der Waals surface area contributed by atoms with Crippen LogP contribution in [-0.4, -0.2) is 7.05 Å². The van der Waals surface area contributed by atoms with Gasteiger partial charge >= 0.3 is 0 Å². The van der Waals surface area contributed by atoms with Gasteiger partial charge in [0, 0.05) is 15.0 Å². The Labute approximate surface area is 127 Å². The van der Waals surface area contributed by atoms with Crippen molar-refractivity contribution >= 4 is 31.9 Å². The number of benzene rings is 1. The Morgan fingerprint density at radius 2 is 1.67 bits per heavy atom. The normalized spacial score (nSPS) is 22.8. The molecule has 1 N–H and O–H groups in total. The summed E-state index contributed by atoms with van der Waals surface area (Å²) in [6.45, 7) is 9.48. The van der Waals surface area contributed by atoms with Crippen molar-refractivity contribution in [2.45, 2.75) is 33.7 Å². The van der Waals surface area contributed by atoms with E-state index in [0.717, 1.165) is 4.47 Å². The van der Waals surface area contributed by atoms with Crippen molar-refractivity contribution in [3.05, 3.63) is 32.7 Å². The Hall–Kier alpha value is 0.140. The highest BCUT2D eigenvalue weighted by Gasteiger charge is 2.67. The Kier molecular flexibility index (Phi) is 3.72. The molecule has 0 amide bonds. The average molecular weight is 375 g/mol. The maximum Gasteiger partial charge on any atom is 0.0368 e. The highest BCUT2D eigenvalue weighted by Crippen LogP contribution is 2.72. The van der Waals surface area contributed by atoms with Crippen LogP contribution in [0.4, 0.5) is 0 Å². The largest absolute Gasteiger partial charge is 0.313 e. The molecule has 18 heavy (non-hydrogen) atoms. The van der Waals surface area contributed by atoms with E-state index in [0.29, 0.717) is 22.8 Å². The quantitative estimate of drug-likeness (QED) is 0.770. The van der Waals surface area contributed by atoms with Gasteiger partial charge in [-0.15, -0.1) is 0 Å². The standard InChI is InChI=1S/C15H21Br2N/c1-14(2)13(15(14,3)4)12(18-5)10-8-9(16)6-7-11(10)17/h6-8,12-13,18H,1-5H3. The van der Waals surface area contributed by atoms with Gasteiger partial charge in [-0.05, 0) is 47.6 Å². The first-order chi connectivity index (χ1) is 8.23. The van der Waals surface area contributed by atoms with E-state index in [2.05, 4.69) is 90.1 Å². The lowest BCUT2D eigenvalue weighted by atomic mass is 9.97. The van der Waals surface area contributed by atoms with Gasteiger partial charge in [0.15, 0.2) is 0 Å². The molecule has 1 saturated carbocycles. The SMILES string of the molecule is CNC(c1cc(Br)ccc1Br)C1C(C)(C)C1(C)C. The molecule has 3 heteroatoms. The topological polar surface area (TPSA) is 12.0 Å². The van der Waals surface area contributed by atoms with E-state index in [1.54, 1.807) is 0 Å². The molecule has 1 atom stereocenters. The summed E-state index contributed by atoms with van der Waals surface area (Å²) in [6.07, 6.45) is 0. The summed E-state index contributed by atoms with van der Waals surface area (Å²) in [5.41, 5.74) is 2.10. The third kappa shape index (κ3) is 2.08. The monoisotopic (exact) mass is 373 g/mol. The fourth-order valence-corrected chi connectivity index (χ4v) is 4.21. The predicted molar refractivity (Wildman–Crippen MR) is 84.7 cm³/mol. The number of halogens is 2. The van der Waals surface area contributed by atoms with Gasteiger partial charge in [0.1, 0.15) is 0 Å². The van der Waals surface area contributed by atoms with Crippen LogP contribution in [0.2, 0.25) is 0 Å². The number of rotatable bonds is 3. The summed E-state index contributed by atoms with van der Waals surface area (Å²) in [5, 5.41) is 3.51. The Bertz CT molecular complexity index is 452. The summed E-state index contributed by atoms with van der Waals surface area (Å²) in [6, 6.07) is 6.80. The first-order valence-electron chi connectivity index (χ1n) is 6.35. The molecule has 1 nitrogen and oxygen atoms in total. The molecule has 0 radical (unpaired) electrons. The van der Waals surface area contributed by atoms with E-state index in [9.17, 15) is 0 Å². The van der Waals surface area contributed by atoms with E-state index >= 15 is 0 Å². The van der Waals surface area contributed by atoms with Crippen molar-refractivity contribution in [2.24, 2.45) is 16.7 Å². The predicted octanol–water partition coefficient (Wildman–Crippen LogP) is 5.15. The lowest BCUT2D eigenvalue weighted by molar-refractivity contribution is 0.436. The van der Waals surface area contributed by atoms with Crippen LogP contribution in [0.3, 0.4) is 0 Å². The summed E-state index contributed by atoms with van der Waals surface area (Å²) in [4.78, 5) is 0. The average Bonchev–Trinajstić information content (AvgIpc) is 2.67. The second kappa shape index (κ2) is 4.60. The Morgan fingerprint density at radius 3 is 2.11 bits per heavy atom. The maximum atomic E-state index is 3.68. The Morgan fingerprint density at radius 1 is 1.11 bits per heavy atom. The van der Waals surface area contributed by atoms with E-state index in [1.807, 2.05) is 0 Å². The molecule has 0 saturated heterocycles. The van der Waals surface area contributed by atoms with Crippen molar-refractivity contribution in [2.75, 3.05) is 7.05 Å². The van der Waals surface area contributed by atoms with Crippen LogP contribution in [0, 0.1) is 16.7 Å². The molecule has 1 aromatic rings. The first-order valence-corrected chi connectivity index (χ1v) is 7.94. The van der Waals surface area contributed by atoms with E-state index in [-0.39, 0.29) is 0 Å². The second-order valence-electron chi connectivity index (χ2n) is 6.35. The molecule has 1 aliphatic carbocycles. The zero-order valence-electron chi connectivity index (χ0n) is 11.6.